The molecule has 4 rings (SSSR count). The van der Waals surface area contributed by atoms with Gasteiger partial charge in [-0.15, -0.1) is 0 Å². The summed E-state index contributed by atoms with van der Waals surface area (Å²) in [6.07, 6.45) is 8.25. The summed E-state index contributed by atoms with van der Waals surface area (Å²) in [7, 11) is 0. The number of nitrogens with zero attached hydrogens (tertiary/aromatic N) is 1. The van der Waals surface area contributed by atoms with Crippen LogP contribution in [0, 0.1) is 18.8 Å². The van der Waals surface area contributed by atoms with E-state index in [1.165, 1.54) is 37.7 Å². The Morgan fingerprint density at radius 1 is 1.14 bits per heavy atom. The zero-order chi connectivity index (χ0) is 20.2. The molecule has 1 aliphatic carbocycles. The molecule has 4 nitrogen and oxygen atoms in total. The maximum absolute atomic E-state index is 12.7. The summed E-state index contributed by atoms with van der Waals surface area (Å²) in [4.78, 5) is 17.3. The summed E-state index contributed by atoms with van der Waals surface area (Å²) in [5, 5.41) is 3.09. The van der Waals surface area contributed by atoms with E-state index in [0.29, 0.717) is 11.5 Å². The first-order valence-corrected chi connectivity index (χ1v) is 10.9. The molecule has 1 N–H and O–H groups in total. The van der Waals surface area contributed by atoms with Crippen molar-refractivity contribution in [2.75, 3.05) is 5.32 Å². The number of fused-ring (bicyclic) bond motifs is 1. The quantitative estimate of drug-likeness (QED) is 0.507. The van der Waals surface area contributed by atoms with E-state index in [1.807, 2.05) is 30.3 Å². The fourth-order valence-electron chi connectivity index (χ4n) is 4.35. The number of hydrogen-bond acceptors (Lipinski definition) is 3. The number of aryl methyl sites for hydroxylation is 1. The van der Waals surface area contributed by atoms with Crippen molar-refractivity contribution >= 4 is 22.7 Å². The van der Waals surface area contributed by atoms with Crippen molar-refractivity contribution in [2.45, 2.75) is 58.8 Å². The second kappa shape index (κ2) is 8.81. The number of amides is 1. The SMILES string of the molecule is CCCCC1CCC(C(=O)Nc2ccc3nc(-c4cccc(C)c4)oc3c2)CC1. The van der Waals surface area contributed by atoms with E-state index < -0.39 is 0 Å². The minimum Gasteiger partial charge on any atom is -0.436 e. The fraction of sp³-hybridized carbons (Fsp3) is 0.440. The zero-order valence-corrected chi connectivity index (χ0v) is 17.4. The maximum Gasteiger partial charge on any atom is 0.227 e. The lowest BCUT2D eigenvalue weighted by Crippen LogP contribution is -2.27. The second-order valence-corrected chi connectivity index (χ2v) is 8.42. The molecule has 0 radical (unpaired) electrons. The Morgan fingerprint density at radius 2 is 1.97 bits per heavy atom. The second-order valence-electron chi connectivity index (χ2n) is 8.42. The van der Waals surface area contributed by atoms with Crippen molar-refractivity contribution in [1.29, 1.82) is 0 Å². The number of unbranched alkanes of at least 4 members (excludes halogenated alkanes) is 1. The standard InChI is InChI=1S/C25H30N2O2/c1-3-4-7-18-9-11-19(12-10-18)24(28)26-21-13-14-22-23(16-21)29-25(27-22)20-8-5-6-17(2)15-20/h5-6,8,13-16,18-19H,3-4,7,9-12H2,1-2H3,(H,26,28). The van der Waals surface area contributed by atoms with Crippen LogP contribution >= 0.6 is 0 Å². The predicted molar refractivity (Wildman–Crippen MR) is 118 cm³/mol. The van der Waals surface area contributed by atoms with E-state index in [1.54, 1.807) is 0 Å². The number of nitrogens with one attached hydrogen (secondary N) is 1. The fourth-order valence-corrected chi connectivity index (χ4v) is 4.35. The third-order valence-corrected chi connectivity index (χ3v) is 6.10. The van der Waals surface area contributed by atoms with E-state index in [-0.39, 0.29) is 11.8 Å². The van der Waals surface area contributed by atoms with Gasteiger partial charge in [-0.1, -0.05) is 43.9 Å². The first-order chi connectivity index (χ1) is 14.1. The van der Waals surface area contributed by atoms with Crippen molar-refractivity contribution in [2.24, 2.45) is 11.8 Å². The van der Waals surface area contributed by atoms with Crippen LogP contribution in [-0.2, 0) is 4.79 Å². The van der Waals surface area contributed by atoms with Crippen LogP contribution in [0.15, 0.2) is 46.9 Å². The van der Waals surface area contributed by atoms with Crippen molar-refractivity contribution in [3.63, 3.8) is 0 Å². The first-order valence-electron chi connectivity index (χ1n) is 10.9. The Hall–Kier alpha value is -2.62. The number of oxazole rings is 1. The molecule has 2 aromatic carbocycles. The number of carbonyl (C=O) groups excluding carboxylic acids is 1. The highest BCUT2D eigenvalue weighted by Gasteiger charge is 2.26. The van der Waals surface area contributed by atoms with Crippen LogP contribution in [0.5, 0.6) is 0 Å². The number of hydrogen-bond donors (Lipinski definition) is 1. The van der Waals surface area contributed by atoms with E-state index in [9.17, 15) is 4.79 Å². The van der Waals surface area contributed by atoms with E-state index in [4.69, 9.17) is 4.42 Å². The van der Waals surface area contributed by atoms with E-state index in [0.717, 1.165) is 35.5 Å². The van der Waals surface area contributed by atoms with Gasteiger partial charge in [0.05, 0.1) is 0 Å². The predicted octanol–water partition coefficient (Wildman–Crippen LogP) is 6.74. The lowest BCUT2D eigenvalue weighted by molar-refractivity contribution is -0.121. The van der Waals surface area contributed by atoms with Gasteiger partial charge in [0.2, 0.25) is 11.8 Å². The van der Waals surface area contributed by atoms with Crippen LogP contribution in [0.2, 0.25) is 0 Å². The number of benzene rings is 2. The highest BCUT2D eigenvalue weighted by Crippen LogP contribution is 2.33. The minimum atomic E-state index is 0.126. The van der Waals surface area contributed by atoms with E-state index >= 15 is 0 Å². The summed E-state index contributed by atoms with van der Waals surface area (Å²) in [5.41, 5.74) is 4.41. The van der Waals surface area contributed by atoms with Crippen LogP contribution in [0.3, 0.4) is 0 Å². The smallest absolute Gasteiger partial charge is 0.227 e. The van der Waals surface area contributed by atoms with Crippen LogP contribution < -0.4 is 5.32 Å². The summed E-state index contributed by atoms with van der Waals surface area (Å²) < 4.78 is 5.97. The summed E-state index contributed by atoms with van der Waals surface area (Å²) in [6, 6.07) is 13.8. The zero-order valence-electron chi connectivity index (χ0n) is 17.4. The van der Waals surface area contributed by atoms with Crippen molar-refractivity contribution in [3.05, 3.63) is 48.0 Å². The van der Waals surface area contributed by atoms with Gasteiger partial charge >= 0.3 is 0 Å². The van der Waals surface area contributed by atoms with Crippen LogP contribution in [-0.4, -0.2) is 10.9 Å². The minimum absolute atomic E-state index is 0.126. The molecular formula is C25H30N2O2. The van der Waals surface area contributed by atoms with Crippen LogP contribution in [0.4, 0.5) is 5.69 Å². The molecule has 0 atom stereocenters. The van der Waals surface area contributed by atoms with Crippen molar-refractivity contribution < 1.29 is 9.21 Å². The lowest BCUT2D eigenvalue weighted by Gasteiger charge is -2.27. The highest BCUT2D eigenvalue weighted by molar-refractivity contribution is 5.94. The Labute approximate surface area is 172 Å². The topological polar surface area (TPSA) is 55.1 Å². The van der Waals surface area contributed by atoms with Gasteiger partial charge in [0, 0.05) is 23.2 Å². The van der Waals surface area contributed by atoms with Gasteiger partial charge in [-0.2, -0.15) is 0 Å². The van der Waals surface area contributed by atoms with Gasteiger partial charge in [0.1, 0.15) is 5.52 Å². The molecule has 1 fully saturated rings. The summed E-state index contributed by atoms with van der Waals surface area (Å²) in [6.45, 7) is 4.30. The molecule has 4 heteroatoms. The lowest BCUT2D eigenvalue weighted by atomic mass is 9.79. The number of anilines is 1. The first kappa shape index (κ1) is 19.7. The third kappa shape index (κ3) is 4.69. The molecule has 0 bridgehead atoms. The monoisotopic (exact) mass is 390 g/mol. The Morgan fingerprint density at radius 3 is 2.72 bits per heavy atom. The molecule has 0 unspecified atom stereocenters. The average molecular weight is 391 g/mol. The van der Waals surface area contributed by atoms with Crippen molar-refractivity contribution in [1.82, 2.24) is 4.98 Å². The molecule has 1 heterocycles. The molecule has 3 aromatic rings. The normalized spacial score (nSPS) is 19.4. The largest absolute Gasteiger partial charge is 0.436 e. The van der Waals surface area contributed by atoms with E-state index in [2.05, 4.69) is 36.3 Å². The Bertz CT molecular complexity index is 983. The Kier molecular flexibility index (Phi) is 5.98. The van der Waals surface area contributed by atoms with Gasteiger partial charge in [-0.3, -0.25) is 4.79 Å². The van der Waals surface area contributed by atoms with Gasteiger partial charge in [-0.25, -0.2) is 4.98 Å². The molecular weight excluding hydrogens is 360 g/mol. The van der Waals surface area contributed by atoms with Gasteiger partial charge in [-0.05, 0) is 62.8 Å². The maximum atomic E-state index is 12.7. The summed E-state index contributed by atoms with van der Waals surface area (Å²) in [5.74, 6) is 1.68. The molecule has 29 heavy (non-hydrogen) atoms. The number of aromatic nitrogens is 1. The summed E-state index contributed by atoms with van der Waals surface area (Å²) >= 11 is 0. The molecule has 0 saturated heterocycles. The number of carbonyl (C=O) groups is 1. The molecule has 1 aromatic heterocycles. The van der Waals surface area contributed by atoms with Gasteiger partial charge in [0.15, 0.2) is 5.58 Å². The molecule has 1 amide bonds. The molecule has 152 valence electrons. The molecule has 1 aliphatic rings. The van der Waals surface area contributed by atoms with Gasteiger partial charge in [0.25, 0.3) is 0 Å². The van der Waals surface area contributed by atoms with Gasteiger partial charge < -0.3 is 9.73 Å². The molecule has 0 aliphatic heterocycles. The Balaban J connectivity index is 1.41. The third-order valence-electron chi connectivity index (χ3n) is 6.10. The molecule has 0 spiro atoms. The molecule has 1 saturated carbocycles. The average Bonchev–Trinajstić information content (AvgIpc) is 3.16. The highest BCUT2D eigenvalue weighted by atomic mass is 16.3. The van der Waals surface area contributed by atoms with Crippen LogP contribution in [0.1, 0.15) is 57.4 Å². The van der Waals surface area contributed by atoms with Crippen LogP contribution in [0.25, 0.3) is 22.6 Å². The van der Waals surface area contributed by atoms with Crippen molar-refractivity contribution in [3.8, 4) is 11.5 Å². The number of rotatable bonds is 6.